The molecule has 16 heavy (non-hydrogen) atoms. The SMILES string of the molecule is COc1cc(Cl)ccc1C(O)c1ccco1. The molecule has 84 valence electrons. The summed E-state index contributed by atoms with van der Waals surface area (Å²) in [6.07, 6.45) is 0.670. The fourth-order valence-electron chi connectivity index (χ4n) is 1.51. The predicted octanol–water partition coefficient (Wildman–Crippen LogP) is 3.02. The maximum atomic E-state index is 10.1. The second-order valence-electron chi connectivity index (χ2n) is 3.30. The van der Waals surface area contributed by atoms with Gasteiger partial charge in [0.05, 0.1) is 13.4 Å². The topological polar surface area (TPSA) is 42.6 Å². The zero-order valence-electron chi connectivity index (χ0n) is 8.68. The van der Waals surface area contributed by atoms with Crippen molar-refractivity contribution in [3.05, 3.63) is 52.9 Å². The molecule has 0 amide bonds. The van der Waals surface area contributed by atoms with Crippen LogP contribution >= 0.6 is 11.6 Å². The van der Waals surface area contributed by atoms with Crippen molar-refractivity contribution in [2.75, 3.05) is 7.11 Å². The van der Waals surface area contributed by atoms with Gasteiger partial charge in [-0.2, -0.15) is 0 Å². The van der Waals surface area contributed by atoms with E-state index in [1.807, 2.05) is 0 Å². The summed E-state index contributed by atoms with van der Waals surface area (Å²) in [5.41, 5.74) is 0.627. The van der Waals surface area contributed by atoms with E-state index in [9.17, 15) is 5.11 Å². The summed E-state index contributed by atoms with van der Waals surface area (Å²) in [5.74, 6) is 1.01. The molecule has 1 heterocycles. The molecule has 1 unspecified atom stereocenters. The van der Waals surface area contributed by atoms with Gasteiger partial charge in [-0.15, -0.1) is 0 Å². The van der Waals surface area contributed by atoms with E-state index in [1.165, 1.54) is 13.4 Å². The molecule has 4 heteroatoms. The average molecular weight is 239 g/mol. The third-order valence-electron chi connectivity index (χ3n) is 2.30. The Kier molecular flexibility index (Phi) is 3.17. The summed E-state index contributed by atoms with van der Waals surface area (Å²) in [5, 5.41) is 10.6. The Morgan fingerprint density at radius 2 is 2.19 bits per heavy atom. The van der Waals surface area contributed by atoms with Gasteiger partial charge in [0, 0.05) is 10.6 Å². The van der Waals surface area contributed by atoms with Crippen LogP contribution in [0.3, 0.4) is 0 Å². The van der Waals surface area contributed by atoms with Crippen LogP contribution in [0.25, 0.3) is 0 Å². The molecule has 1 aromatic carbocycles. The molecule has 0 aliphatic heterocycles. The Morgan fingerprint density at radius 1 is 1.38 bits per heavy atom. The first-order valence-electron chi connectivity index (χ1n) is 4.77. The van der Waals surface area contributed by atoms with Gasteiger partial charge < -0.3 is 14.3 Å². The van der Waals surface area contributed by atoms with E-state index in [4.69, 9.17) is 20.8 Å². The highest BCUT2D eigenvalue weighted by Crippen LogP contribution is 2.32. The Hall–Kier alpha value is -1.45. The number of hydrogen-bond acceptors (Lipinski definition) is 3. The van der Waals surface area contributed by atoms with Crippen LogP contribution in [0.5, 0.6) is 5.75 Å². The van der Waals surface area contributed by atoms with E-state index in [-0.39, 0.29) is 0 Å². The number of methoxy groups -OCH3 is 1. The Balaban J connectivity index is 2.40. The molecule has 0 saturated carbocycles. The smallest absolute Gasteiger partial charge is 0.140 e. The molecule has 1 atom stereocenters. The minimum atomic E-state index is -0.845. The summed E-state index contributed by atoms with van der Waals surface area (Å²) < 4.78 is 10.3. The van der Waals surface area contributed by atoms with E-state index in [0.717, 1.165) is 0 Å². The van der Waals surface area contributed by atoms with Gasteiger partial charge in [0.15, 0.2) is 0 Å². The van der Waals surface area contributed by atoms with E-state index in [1.54, 1.807) is 30.3 Å². The lowest BCUT2D eigenvalue weighted by Crippen LogP contribution is -2.01. The third kappa shape index (κ3) is 2.05. The highest BCUT2D eigenvalue weighted by atomic mass is 35.5. The van der Waals surface area contributed by atoms with E-state index in [0.29, 0.717) is 22.1 Å². The molecule has 1 aromatic heterocycles. The summed E-state index contributed by atoms with van der Waals surface area (Å²) in [7, 11) is 1.53. The van der Waals surface area contributed by atoms with Gasteiger partial charge >= 0.3 is 0 Å². The van der Waals surface area contributed by atoms with Crippen molar-refractivity contribution in [3.63, 3.8) is 0 Å². The number of aliphatic hydroxyl groups excluding tert-OH is 1. The number of ether oxygens (including phenoxy) is 1. The van der Waals surface area contributed by atoms with Crippen molar-refractivity contribution in [2.24, 2.45) is 0 Å². The Labute approximate surface area is 98.2 Å². The van der Waals surface area contributed by atoms with Crippen LogP contribution in [0.1, 0.15) is 17.4 Å². The van der Waals surface area contributed by atoms with E-state index in [2.05, 4.69) is 0 Å². The second kappa shape index (κ2) is 4.60. The van der Waals surface area contributed by atoms with Gasteiger partial charge in [-0.05, 0) is 24.3 Å². The van der Waals surface area contributed by atoms with Gasteiger partial charge in [0.1, 0.15) is 17.6 Å². The van der Waals surface area contributed by atoms with Crippen LogP contribution < -0.4 is 4.74 Å². The van der Waals surface area contributed by atoms with Crippen molar-refractivity contribution in [1.82, 2.24) is 0 Å². The van der Waals surface area contributed by atoms with Crippen LogP contribution in [-0.4, -0.2) is 12.2 Å². The molecule has 1 N–H and O–H groups in total. The quantitative estimate of drug-likeness (QED) is 0.894. The zero-order chi connectivity index (χ0) is 11.5. The van der Waals surface area contributed by atoms with Gasteiger partial charge in [-0.3, -0.25) is 0 Å². The van der Waals surface area contributed by atoms with Crippen LogP contribution in [0.15, 0.2) is 41.0 Å². The lowest BCUT2D eigenvalue weighted by molar-refractivity contribution is 0.185. The molecule has 0 aliphatic rings. The average Bonchev–Trinajstić information content (AvgIpc) is 2.81. The van der Waals surface area contributed by atoms with Crippen LogP contribution in [-0.2, 0) is 0 Å². The van der Waals surface area contributed by atoms with Gasteiger partial charge in [-0.1, -0.05) is 17.7 Å². The standard InChI is InChI=1S/C12H11ClO3/c1-15-11-7-8(13)4-5-9(11)12(14)10-3-2-6-16-10/h2-7,12,14H,1H3. The zero-order valence-corrected chi connectivity index (χ0v) is 9.44. The van der Waals surface area contributed by atoms with Crippen LogP contribution in [0.2, 0.25) is 5.02 Å². The normalized spacial score (nSPS) is 12.4. The van der Waals surface area contributed by atoms with Crippen molar-refractivity contribution in [2.45, 2.75) is 6.10 Å². The minimum absolute atomic E-state index is 0.473. The second-order valence-corrected chi connectivity index (χ2v) is 3.74. The fraction of sp³-hybridized carbons (Fsp3) is 0.167. The van der Waals surface area contributed by atoms with Gasteiger partial charge in [-0.25, -0.2) is 0 Å². The molecule has 2 aromatic rings. The maximum absolute atomic E-state index is 10.1. The number of halogens is 1. The highest BCUT2D eigenvalue weighted by Gasteiger charge is 2.17. The number of aliphatic hydroxyl groups is 1. The molecular formula is C12H11ClO3. The molecule has 0 radical (unpaired) electrons. The van der Waals surface area contributed by atoms with Gasteiger partial charge in [0.2, 0.25) is 0 Å². The van der Waals surface area contributed by atoms with Crippen molar-refractivity contribution in [3.8, 4) is 5.75 Å². The largest absolute Gasteiger partial charge is 0.496 e. The molecule has 2 rings (SSSR count). The van der Waals surface area contributed by atoms with Crippen LogP contribution in [0, 0.1) is 0 Å². The lowest BCUT2D eigenvalue weighted by atomic mass is 10.1. The van der Waals surface area contributed by atoms with E-state index < -0.39 is 6.10 Å². The molecule has 0 fully saturated rings. The Bertz CT molecular complexity index is 465. The van der Waals surface area contributed by atoms with Gasteiger partial charge in [0.25, 0.3) is 0 Å². The third-order valence-corrected chi connectivity index (χ3v) is 2.54. The molecule has 3 nitrogen and oxygen atoms in total. The summed E-state index contributed by atoms with van der Waals surface area (Å²) in [4.78, 5) is 0. The van der Waals surface area contributed by atoms with Crippen molar-refractivity contribution in [1.29, 1.82) is 0 Å². The number of rotatable bonds is 3. The van der Waals surface area contributed by atoms with Crippen LogP contribution in [0.4, 0.5) is 0 Å². The Morgan fingerprint density at radius 3 is 2.81 bits per heavy atom. The van der Waals surface area contributed by atoms with Crippen molar-refractivity contribution < 1.29 is 14.3 Å². The number of furan rings is 1. The van der Waals surface area contributed by atoms with E-state index >= 15 is 0 Å². The minimum Gasteiger partial charge on any atom is -0.496 e. The lowest BCUT2D eigenvalue weighted by Gasteiger charge is -2.12. The molecule has 0 bridgehead atoms. The van der Waals surface area contributed by atoms with Crippen molar-refractivity contribution >= 4 is 11.6 Å². The maximum Gasteiger partial charge on any atom is 0.140 e. The molecular weight excluding hydrogens is 228 g/mol. The summed E-state index contributed by atoms with van der Waals surface area (Å²) in [6, 6.07) is 8.50. The molecule has 0 saturated heterocycles. The predicted molar refractivity (Wildman–Crippen MR) is 60.8 cm³/mol. The number of benzene rings is 1. The number of hydrogen-bond donors (Lipinski definition) is 1. The monoisotopic (exact) mass is 238 g/mol. The highest BCUT2D eigenvalue weighted by molar-refractivity contribution is 6.30. The summed E-state index contributed by atoms with van der Waals surface area (Å²) >= 11 is 5.84. The molecule has 0 aliphatic carbocycles. The first-order valence-corrected chi connectivity index (χ1v) is 5.15. The molecule has 0 spiro atoms. The first kappa shape index (κ1) is 11.0. The summed E-state index contributed by atoms with van der Waals surface area (Å²) in [6.45, 7) is 0. The first-order chi connectivity index (χ1) is 7.72. The fourth-order valence-corrected chi connectivity index (χ4v) is 1.67.